The molecule has 0 radical (unpaired) electrons. The second kappa shape index (κ2) is 6.26. The van der Waals surface area contributed by atoms with Gasteiger partial charge in [0.2, 0.25) is 0 Å². The molecule has 2 aromatic heterocycles. The molecule has 3 aromatic rings. The fourth-order valence-corrected chi connectivity index (χ4v) is 2.81. The lowest BCUT2D eigenvalue weighted by Crippen LogP contribution is -2.07. The van der Waals surface area contributed by atoms with Gasteiger partial charge in [0, 0.05) is 37.5 Å². The quantitative estimate of drug-likeness (QED) is 0.569. The molecule has 3 rings (SSSR count). The maximum Gasteiger partial charge on any atom is 0.271 e. The van der Waals surface area contributed by atoms with E-state index in [9.17, 15) is 10.1 Å². The molecule has 0 aliphatic heterocycles. The number of non-ortho nitro benzene ring substituents is 1. The molecule has 0 unspecified atom stereocenters. The van der Waals surface area contributed by atoms with E-state index in [0.717, 1.165) is 29.0 Å². The molecule has 0 spiro atoms. The Bertz CT molecular complexity index is 819. The van der Waals surface area contributed by atoms with Crippen molar-refractivity contribution in [3.05, 3.63) is 69.1 Å². The van der Waals surface area contributed by atoms with Crippen molar-refractivity contribution in [3.63, 3.8) is 0 Å². The Labute approximate surface area is 137 Å². The van der Waals surface area contributed by atoms with E-state index in [1.807, 2.05) is 35.0 Å². The van der Waals surface area contributed by atoms with Gasteiger partial charge in [-0.05, 0) is 24.6 Å². The summed E-state index contributed by atoms with van der Waals surface area (Å²) in [7, 11) is 0. The van der Waals surface area contributed by atoms with Crippen LogP contribution in [0.5, 0.6) is 0 Å². The van der Waals surface area contributed by atoms with Crippen LogP contribution in [0.2, 0.25) is 5.02 Å². The van der Waals surface area contributed by atoms with E-state index in [1.54, 1.807) is 6.92 Å². The van der Waals surface area contributed by atoms with Crippen molar-refractivity contribution >= 4 is 28.6 Å². The highest BCUT2D eigenvalue weighted by atomic mass is 35.5. The van der Waals surface area contributed by atoms with Crippen LogP contribution in [0.25, 0.3) is 5.65 Å². The number of hydrogen-bond donors (Lipinski definition) is 1. The normalized spacial score (nSPS) is 10.9. The van der Waals surface area contributed by atoms with Crippen molar-refractivity contribution in [3.8, 4) is 0 Å². The lowest BCUT2D eigenvalue weighted by atomic mass is 10.1. The minimum Gasteiger partial charge on any atom is -0.383 e. The van der Waals surface area contributed by atoms with Gasteiger partial charge in [-0.25, -0.2) is 4.98 Å². The van der Waals surface area contributed by atoms with Crippen LogP contribution in [-0.2, 0) is 6.42 Å². The molecule has 0 fully saturated rings. The van der Waals surface area contributed by atoms with Crippen LogP contribution in [0.3, 0.4) is 0 Å². The van der Waals surface area contributed by atoms with E-state index in [2.05, 4.69) is 10.3 Å². The first kappa shape index (κ1) is 15.3. The summed E-state index contributed by atoms with van der Waals surface area (Å²) in [5.74, 6) is 0. The predicted octanol–water partition coefficient (Wildman–Crippen LogP) is 3.86. The molecule has 0 saturated carbocycles. The van der Waals surface area contributed by atoms with Crippen molar-refractivity contribution in [1.82, 2.24) is 9.38 Å². The van der Waals surface area contributed by atoms with Crippen LogP contribution < -0.4 is 5.32 Å². The lowest BCUT2D eigenvalue weighted by molar-refractivity contribution is -0.384. The van der Waals surface area contributed by atoms with Gasteiger partial charge < -0.3 is 9.72 Å². The van der Waals surface area contributed by atoms with Crippen LogP contribution >= 0.6 is 11.6 Å². The third kappa shape index (κ3) is 3.27. The Hall–Kier alpha value is -2.60. The zero-order valence-electron chi connectivity index (χ0n) is 12.5. The summed E-state index contributed by atoms with van der Waals surface area (Å²) in [5, 5.41) is 14.4. The summed E-state index contributed by atoms with van der Waals surface area (Å²) >= 11 is 6.14. The summed E-state index contributed by atoms with van der Waals surface area (Å²) in [6, 6.07) is 8.73. The number of nitrogens with one attached hydrogen (secondary N) is 1. The zero-order valence-corrected chi connectivity index (χ0v) is 13.2. The van der Waals surface area contributed by atoms with Gasteiger partial charge in [0.1, 0.15) is 5.65 Å². The predicted molar refractivity (Wildman–Crippen MR) is 90.2 cm³/mol. The summed E-state index contributed by atoms with van der Waals surface area (Å²) in [6.07, 6.45) is 4.67. The third-order valence-electron chi connectivity index (χ3n) is 3.58. The van der Waals surface area contributed by atoms with Gasteiger partial charge in [-0.2, -0.15) is 0 Å². The van der Waals surface area contributed by atoms with Gasteiger partial charge in [0.25, 0.3) is 5.69 Å². The molecule has 2 heterocycles. The maximum absolute atomic E-state index is 10.8. The van der Waals surface area contributed by atoms with E-state index < -0.39 is 4.92 Å². The molecule has 1 aromatic carbocycles. The molecular formula is C16H15ClN4O2. The SMILES string of the molecule is Cc1cc([N+](=O)[O-])cc(Cl)c1NCCc1cn2ccccc2n1. The van der Waals surface area contributed by atoms with Gasteiger partial charge in [-0.1, -0.05) is 17.7 Å². The van der Waals surface area contributed by atoms with Gasteiger partial charge >= 0.3 is 0 Å². The van der Waals surface area contributed by atoms with E-state index in [0.29, 0.717) is 11.6 Å². The minimum atomic E-state index is -0.445. The van der Waals surface area contributed by atoms with Crippen molar-refractivity contribution < 1.29 is 4.92 Å². The summed E-state index contributed by atoms with van der Waals surface area (Å²) in [4.78, 5) is 14.9. The number of imidazole rings is 1. The number of anilines is 1. The largest absolute Gasteiger partial charge is 0.383 e. The number of halogens is 1. The molecule has 0 saturated heterocycles. The fraction of sp³-hybridized carbons (Fsp3) is 0.188. The van der Waals surface area contributed by atoms with Crippen molar-refractivity contribution in [1.29, 1.82) is 0 Å². The van der Waals surface area contributed by atoms with Crippen LogP contribution in [0.1, 0.15) is 11.3 Å². The molecule has 0 bridgehead atoms. The summed E-state index contributed by atoms with van der Waals surface area (Å²) in [5.41, 5.74) is 3.35. The van der Waals surface area contributed by atoms with E-state index in [-0.39, 0.29) is 5.69 Å². The van der Waals surface area contributed by atoms with Crippen molar-refractivity contribution in [2.75, 3.05) is 11.9 Å². The minimum absolute atomic E-state index is 0.00148. The van der Waals surface area contributed by atoms with Crippen LogP contribution in [0, 0.1) is 17.0 Å². The Morgan fingerprint density at radius 3 is 2.91 bits per heavy atom. The van der Waals surface area contributed by atoms with Crippen molar-refractivity contribution in [2.45, 2.75) is 13.3 Å². The number of hydrogen-bond acceptors (Lipinski definition) is 4. The number of fused-ring (bicyclic) bond motifs is 1. The van der Waals surface area contributed by atoms with Gasteiger partial charge in [-0.15, -0.1) is 0 Å². The Balaban J connectivity index is 1.70. The number of aromatic nitrogens is 2. The second-order valence-electron chi connectivity index (χ2n) is 5.25. The molecule has 7 heteroatoms. The molecule has 0 aliphatic rings. The van der Waals surface area contributed by atoms with Crippen LogP contribution in [0.15, 0.2) is 42.7 Å². The Morgan fingerprint density at radius 1 is 1.39 bits per heavy atom. The molecule has 0 amide bonds. The molecule has 0 atom stereocenters. The lowest BCUT2D eigenvalue weighted by Gasteiger charge is -2.10. The number of nitro groups is 1. The monoisotopic (exact) mass is 330 g/mol. The Morgan fingerprint density at radius 2 is 2.22 bits per heavy atom. The first-order valence-corrected chi connectivity index (χ1v) is 7.53. The molecule has 0 aliphatic carbocycles. The molecule has 1 N–H and O–H groups in total. The summed E-state index contributed by atoms with van der Waals surface area (Å²) < 4.78 is 1.97. The zero-order chi connectivity index (χ0) is 16.4. The maximum atomic E-state index is 10.8. The molecule has 23 heavy (non-hydrogen) atoms. The molecule has 118 valence electrons. The van der Waals surface area contributed by atoms with Crippen LogP contribution in [0.4, 0.5) is 11.4 Å². The highest BCUT2D eigenvalue weighted by molar-refractivity contribution is 6.33. The molecular weight excluding hydrogens is 316 g/mol. The van der Waals surface area contributed by atoms with E-state index >= 15 is 0 Å². The van der Waals surface area contributed by atoms with Gasteiger partial charge in [-0.3, -0.25) is 10.1 Å². The van der Waals surface area contributed by atoms with Gasteiger partial charge in [0.15, 0.2) is 0 Å². The van der Waals surface area contributed by atoms with Crippen LogP contribution in [-0.4, -0.2) is 20.9 Å². The van der Waals surface area contributed by atoms with E-state index in [4.69, 9.17) is 11.6 Å². The second-order valence-corrected chi connectivity index (χ2v) is 5.66. The number of benzene rings is 1. The fourth-order valence-electron chi connectivity index (χ4n) is 2.48. The average molecular weight is 331 g/mol. The Kier molecular flexibility index (Phi) is 4.16. The topological polar surface area (TPSA) is 72.5 Å². The smallest absolute Gasteiger partial charge is 0.271 e. The third-order valence-corrected chi connectivity index (χ3v) is 3.88. The first-order chi connectivity index (χ1) is 11.0. The number of aryl methyl sites for hydroxylation is 1. The van der Waals surface area contributed by atoms with Crippen molar-refractivity contribution in [2.24, 2.45) is 0 Å². The number of nitrogens with zero attached hydrogens (tertiary/aromatic N) is 3. The molecule has 6 nitrogen and oxygen atoms in total. The van der Waals surface area contributed by atoms with Gasteiger partial charge in [0.05, 0.1) is 21.3 Å². The number of pyridine rings is 1. The number of nitro benzene ring substituents is 1. The standard InChI is InChI=1S/C16H15ClN4O2/c1-11-8-13(21(22)23)9-14(17)16(11)18-6-5-12-10-20-7-3-2-4-15(20)19-12/h2-4,7-10,18H,5-6H2,1H3. The number of rotatable bonds is 5. The average Bonchev–Trinajstić information content (AvgIpc) is 2.92. The van der Waals surface area contributed by atoms with E-state index in [1.165, 1.54) is 12.1 Å². The summed E-state index contributed by atoms with van der Waals surface area (Å²) in [6.45, 7) is 2.44. The highest BCUT2D eigenvalue weighted by Gasteiger charge is 2.13. The first-order valence-electron chi connectivity index (χ1n) is 7.15. The highest BCUT2D eigenvalue weighted by Crippen LogP contribution is 2.30.